The number of nitrogens with zero attached hydrogens (tertiary/aromatic N) is 1. The van der Waals surface area contributed by atoms with Gasteiger partial charge in [0.2, 0.25) is 0 Å². The molecule has 0 spiro atoms. The van der Waals surface area contributed by atoms with Crippen LogP contribution in [-0.2, 0) is 14.9 Å². The van der Waals surface area contributed by atoms with E-state index in [1.165, 1.54) is 11.1 Å². The van der Waals surface area contributed by atoms with Gasteiger partial charge in [-0.1, -0.05) is 43.7 Å². The summed E-state index contributed by atoms with van der Waals surface area (Å²) in [6.07, 6.45) is 3.24. The molecule has 5 heteroatoms. The highest BCUT2D eigenvalue weighted by molar-refractivity contribution is 5.79. The summed E-state index contributed by atoms with van der Waals surface area (Å²) in [5.74, 6) is 1.52. The second-order valence-corrected chi connectivity index (χ2v) is 8.09. The smallest absolute Gasteiger partial charge is 0.191 e. The van der Waals surface area contributed by atoms with Gasteiger partial charge in [0.1, 0.15) is 0 Å². The van der Waals surface area contributed by atoms with Gasteiger partial charge in [-0.3, -0.25) is 4.99 Å². The Balaban J connectivity index is 1.62. The predicted molar refractivity (Wildman–Crippen MR) is 113 cm³/mol. The molecule has 27 heavy (non-hydrogen) atoms. The van der Waals surface area contributed by atoms with Crippen molar-refractivity contribution in [2.45, 2.75) is 45.4 Å². The summed E-state index contributed by atoms with van der Waals surface area (Å²) in [5, 5.41) is 6.84. The third-order valence-electron chi connectivity index (χ3n) is 5.17. The Morgan fingerprint density at radius 1 is 1.26 bits per heavy atom. The number of benzene rings is 1. The Hall–Kier alpha value is -1.59. The maximum Gasteiger partial charge on any atom is 0.191 e. The van der Waals surface area contributed by atoms with Crippen LogP contribution in [0.5, 0.6) is 0 Å². The van der Waals surface area contributed by atoms with Crippen molar-refractivity contribution in [3.8, 4) is 0 Å². The Morgan fingerprint density at radius 3 is 2.74 bits per heavy atom. The van der Waals surface area contributed by atoms with Crippen molar-refractivity contribution in [3.05, 3.63) is 35.4 Å². The minimum atomic E-state index is 0.0382. The molecule has 1 saturated heterocycles. The van der Waals surface area contributed by atoms with E-state index in [0.717, 1.165) is 64.7 Å². The van der Waals surface area contributed by atoms with Gasteiger partial charge in [0, 0.05) is 52.0 Å². The van der Waals surface area contributed by atoms with Crippen LogP contribution in [0.2, 0.25) is 0 Å². The van der Waals surface area contributed by atoms with Crippen LogP contribution >= 0.6 is 0 Å². The summed E-state index contributed by atoms with van der Waals surface area (Å²) in [5.41, 5.74) is 2.67. The van der Waals surface area contributed by atoms with Crippen LogP contribution in [0.25, 0.3) is 0 Å². The maximum atomic E-state index is 5.82. The zero-order valence-electron chi connectivity index (χ0n) is 17.5. The normalized spacial score (nSPS) is 16.4. The Bertz CT molecular complexity index is 581. The SMILES string of the molecule is CN=C(NCCCOCC1CCOCC1)NCC(C)(C)c1cccc(C)c1. The molecule has 0 unspecified atom stereocenters. The molecule has 0 saturated carbocycles. The highest BCUT2D eigenvalue weighted by atomic mass is 16.5. The second kappa shape index (κ2) is 11.3. The van der Waals surface area contributed by atoms with Crippen molar-refractivity contribution in [1.82, 2.24) is 10.6 Å². The average Bonchev–Trinajstić information content (AvgIpc) is 2.67. The molecule has 0 radical (unpaired) electrons. The first-order chi connectivity index (χ1) is 13.0. The number of aryl methyl sites for hydroxylation is 1. The highest BCUT2D eigenvalue weighted by Crippen LogP contribution is 2.23. The fourth-order valence-corrected chi connectivity index (χ4v) is 3.24. The Labute approximate surface area is 164 Å². The molecule has 0 amide bonds. The van der Waals surface area contributed by atoms with E-state index in [4.69, 9.17) is 9.47 Å². The molecular weight excluding hydrogens is 338 g/mol. The lowest BCUT2D eigenvalue weighted by atomic mass is 9.84. The molecule has 2 rings (SSSR count). The Morgan fingerprint density at radius 2 is 2.04 bits per heavy atom. The largest absolute Gasteiger partial charge is 0.381 e. The molecule has 1 aromatic rings. The number of aliphatic imine (C=N–C) groups is 1. The fourth-order valence-electron chi connectivity index (χ4n) is 3.24. The molecule has 2 N–H and O–H groups in total. The lowest BCUT2D eigenvalue weighted by Crippen LogP contribution is -2.43. The summed E-state index contributed by atoms with van der Waals surface area (Å²) in [7, 11) is 1.82. The van der Waals surface area contributed by atoms with Gasteiger partial charge in [-0.25, -0.2) is 0 Å². The maximum absolute atomic E-state index is 5.82. The van der Waals surface area contributed by atoms with E-state index in [-0.39, 0.29) is 5.41 Å². The number of rotatable bonds is 9. The summed E-state index contributed by atoms with van der Waals surface area (Å²) < 4.78 is 11.2. The van der Waals surface area contributed by atoms with Crippen molar-refractivity contribution >= 4 is 5.96 Å². The van der Waals surface area contributed by atoms with E-state index >= 15 is 0 Å². The van der Waals surface area contributed by atoms with Crippen molar-refractivity contribution in [1.29, 1.82) is 0 Å². The average molecular weight is 376 g/mol. The van der Waals surface area contributed by atoms with Crippen molar-refractivity contribution in [3.63, 3.8) is 0 Å². The molecule has 0 aliphatic carbocycles. The first-order valence-corrected chi connectivity index (χ1v) is 10.2. The highest BCUT2D eigenvalue weighted by Gasteiger charge is 2.21. The zero-order valence-corrected chi connectivity index (χ0v) is 17.5. The van der Waals surface area contributed by atoms with Crippen LogP contribution in [0.3, 0.4) is 0 Å². The Kier molecular flexibility index (Phi) is 9.08. The van der Waals surface area contributed by atoms with Crippen molar-refractivity contribution < 1.29 is 9.47 Å². The van der Waals surface area contributed by atoms with Gasteiger partial charge in [-0.2, -0.15) is 0 Å². The van der Waals surface area contributed by atoms with Crippen LogP contribution < -0.4 is 10.6 Å². The van der Waals surface area contributed by atoms with Crippen LogP contribution in [0.1, 0.15) is 44.2 Å². The number of guanidine groups is 1. The fraction of sp³-hybridized carbons (Fsp3) is 0.682. The van der Waals surface area contributed by atoms with Gasteiger partial charge >= 0.3 is 0 Å². The third kappa shape index (κ3) is 7.89. The first-order valence-electron chi connectivity index (χ1n) is 10.2. The molecule has 0 bridgehead atoms. The van der Waals surface area contributed by atoms with Crippen LogP contribution in [0.15, 0.2) is 29.3 Å². The summed E-state index contributed by atoms with van der Waals surface area (Å²) in [4.78, 5) is 4.33. The van der Waals surface area contributed by atoms with E-state index in [1.807, 2.05) is 7.05 Å². The molecule has 1 heterocycles. The molecule has 5 nitrogen and oxygen atoms in total. The number of nitrogens with one attached hydrogen (secondary N) is 2. The minimum Gasteiger partial charge on any atom is -0.381 e. The quantitative estimate of drug-likeness (QED) is 0.395. The lowest BCUT2D eigenvalue weighted by molar-refractivity contribution is 0.0203. The number of hydrogen-bond acceptors (Lipinski definition) is 3. The van der Waals surface area contributed by atoms with E-state index in [2.05, 4.69) is 60.7 Å². The van der Waals surface area contributed by atoms with E-state index < -0.39 is 0 Å². The molecular formula is C22H37N3O2. The lowest BCUT2D eigenvalue weighted by Gasteiger charge is -2.27. The third-order valence-corrected chi connectivity index (χ3v) is 5.17. The first kappa shape index (κ1) is 21.7. The topological polar surface area (TPSA) is 54.9 Å². The standard InChI is InChI=1S/C22H37N3O2/c1-18-7-5-8-20(15-18)22(2,3)17-25-21(23-4)24-11-6-12-27-16-19-9-13-26-14-10-19/h5,7-8,15,19H,6,9-14,16-17H2,1-4H3,(H2,23,24,25). The summed E-state index contributed by atoms with van der Waals surface area (Å²) >= 11 is 0. The van der Waals surface area contributed by atoms with Crippen LogP contribution in [-0.4, -0.2) is 52.5 Å². The summed E-state index contributed by atoms with van der Waals surface area (Å²) in [6.45, 7) is 11.8. The van der Waals surface area contributed by atoms with Crippen molar-refractivity contribution in [2.75, 3.05) is 46.6 Å². The van der Waals surface area contributed by atoms with Gasteiger partial charge in [0.25, 0.3) is 0 Å². The van der Waals surface area contributed by atoms with E-state index in [1.54, 1.807) is 0 Å². The molecule has 1 aliphatic rings. The number of ether oxygens (including phenoxy) is 2. The van der Waals surface area contributed by atoms with E-state index in [0.29, 0.717) is 5.92 Å². The molecule has 1 fully saturated rings. The molecule has 152 valence electrons. The van der Waals surface area contributed by atoms with Gasteiger partial charge < -0.3 is 20.1 Å². The van der Waals surface area contributed by atoms with Crippen molar-refractivity contribution in [2.24, 2.45) is 10.9 Å². The molecule has 1 aliphatic heterocycles. The molecule has 0 atom stereocenters. The minimum absolute atomic E-state index is 0.0382. The second-order valence-electron chi connectivity index (χ2n) is 8.09. The van der Waals surface area contributed by atoms with Gasteiger partial charge in [-0.05, 0) is 37.7 Å². The predicted octanol–water partition coefficient (Wildman–Crippen LogP) is 3.27. The number of hydrogen-bond donors (Lipinski definition) is 2. The van der Waals surface area contributed by atoms with Gasteiger partial charge in [-0.15, -0.1) is 0 Å². The zero-order chi connectivity index (χ0) is 19.5. The van der Waals surface area contributed by atoms with Gasteiger partial charge in [0.05, 0.1) is 0 Å². The summed E-state index contributed by atoms with van der Waals surface area (Å²) in [6, 6.07) is 8.71. The van der Waals surface area contributed by atoms with Crippen LogP contribution in [0, 0.1) is 12.8 Å². The monoisotopic (exact) mass is 375 g/mol. The van der Waals surface area contributed by atoms with E-state index in [9.17, 15) is 0 Å². The van der Waals surface area contributed by atoms with Crippen LogP contribution in [0.4, 0.5) is 0 Å². The van der Waals surface area contributed by atoms with Gasteiger partial charge in [0.15, 0.2) is 5.96 Å². The molecule has 0 aromatic heterocycles. The molecule has 1 aromatic carbocycles.